The zero-order valence-corrected chi connectivity index (χ0v) is 19.3. The van der Waals surface area contributed by atoms with Crippen molar-refractivity contribution >= 4 is 5.91 Å². The van der Waals surface area contributed by atoms with Crippen LogP contribution in [0.3, 0.4) is 0 Å². The number of carbonyl (C=O) groups is 1. The number of hydrogen-bond acceptors (Lipinski definition) is 6. The zero-order chi connectivity index (χ0) is 23.2. The van der Waals surface area contributed by atoms with Crippen molar-refractivity contribution in [2.24, 2.45) is 0 Å². The van der Waals surface area contributed by atoms with Crippen molar-refractivity contribution in [1.29, 1.82) is 0 Å². The summed E-state index contributed by atoms with van der Waals surface area (Å²) in [4.78, 5) is 27.2. The van der Waals surface area contributed by atoms with Gasteiger partial charge >= 0.3 is 0 Å². The summed E-state index contributed by atoms with van der Waals surface area (Å²) in [5.74, 6) is 1.31. The van der Waals surface area contributed by atoms with Crippen LogP contribution in [0.2, 0.25) is 0 Å². The fourth-order valence-electron chi connectivity index (χ4n) is 4.64. The predicted molar refractivity (Wildman–Crippen MR) is 130 cm³/mol. The van der Waals surface area contributed by atoms with Crippen LogP contribution in [0.4, 0.5) is 0 Å². The number of ether oxygens (including phenoxy) is 2. The summed E-state index contributed by atoms with van der Waals surface area (Å²) in [6.45, 7) is 5.44. The Balaban J connectivity index is 1.31. The number of amides is 1. The second-order valence-corrected chi connectivity index (χ2v) is 8.63. The highest BCUT2D eigenvalue weighted by Crippen LogP contribution is 2.34. The second kappa shape index (κ2) is 10.8. The molecule has 2 aliphatic rings. The minimum atomic E-state index is -0.0700. The first-order chi connectivity index (χ1) is 16.8. The van der Waals surface area contributed by atoms with Crippen molar-refractivity contribution in [3.05, 3.63) is 78.1 Å². The van der Waals surface area contributed by atoms with E-state index in [1.165, 1.54) is 0 Å². The van der Waals surface area contributed by atoms with Crippen LogP contribution in [0, 0.1) is 0 Å². The van der Waals surface area contributed by atoms with E-state index in [4.69, 9.17) is 14.5 Å². The van der Waals surface area contributed by atoms with Crippen LogP contribution in [-0.2, 0) is 4.74 Å². The highest BCUT2D eigenvalue weighted by molar-refractivity contribution is 5.97. The number of rotatable bonds is 7. The highest BCUT2D eigenvalue weighted by atomic mass is 16.5. The largest absolute Gasteiger partial charge is 0.491 e. The van der Waals surface area contributed by atoms with Crippen molar-refractivity contribution in [3.8, 4) is 17.1 Å². The van der Waals surface area contributed by atoms with Crippen molar-refractivity contribution in [2.45, 2.75) is 18.9 Å². The zero-order valence-electron chi connectivity index (χ0n) is 19.3. The van der Waals surface area contributed by atoms with Gasteiger partial charge in [0.2, 0.25) is 0 Å². The van der Waals surface area contributed by atoms with E-state index in [9.17, 15) is 4.79 Å². The smallest absolute Gasteiger partial charge is 0.258 e. The van der Waals surface area contributed by atoms with Gasteiger partial charge < -0.3 is 14.4 Å². The Hall–Kier alpha value is -3.29. The molecule has 2 fully saturated rings. The molecule has 3 aromatic rings. The molecule has 0 spiro atoms. The summed E-state index contributed by atoms with van der Waals surface area (Å²) in [6.07, 6.45) is 3.62. The number of carbonyl (C=O) groups excluding carboxylic acids is 1. The van der Waals surface area contributed by atoms with E-state index in [0.717, 1.165) is 56.9 Å². The van der Waals surface area contributed by atoms with Gasteiger partial charge in [-0.2, -0.15) is 0 Å². The average molecular weight is 459 g/mol. The molecule has 5 rings (SSSR count). The maximum Gasteiger partial charge on any atom is 0.258 e. The van der Waals surface area contributed by atoms with Crippen LogP contribution in [0.25, 0.3) is 11.4 Å². The first-order valence-corrected chi connectivity index (χ1v) is 12.0. The van der Waals surface area contributed by atoms with E-state index < -0.39 is 0 Å². The number of hydrogen-bond donors (Lipinski definition) is 0. The Morgan fingerprint density at radius 2 is 1.79 bits per heavy atom. The van der Waals surface area contributed by atoms with Gasteiger partial charge in [0.15, 0.2) is 5.82 Å². The fraction of sp³-hybridized carbons (Fsp3) is 0.370. The summed E-state index contributed by atoms with van der Waals surface area (Å²) in [7, 11) is 0. The number of para-hydroxylation sites is 1. The van der Waals surface area contributed by atoms with Crippen LogP contribution >= 0.6 is 0 Å². The Morgan fingerprint density at radius 1 is 1.00 bits per heavy atom. The molecule has 1 aromatic heterocycles. The van der Waals surface area contributed by atoms with E-state index in [-0.39, 0.29) is 11.9 Å². The molecule has 176 valence electrons. The molecule has 0 N–H and O–H groups in total. The van der Waals surface area contributed by atoms with Crippen molar-refractivity contribution in [1.82, 2.24) is 19.8 Å². The average Bonchev–Trinajstić information content (AvgIpc) is 3.40. The summed E-state index contributed by atoms with van der Waals surface area (Å²) < 4.78 is 11.5. The molecule has 1 atom stereocenters. The molecule has 3 heterocycles. The van der Waals surface area contributed by atoms with Crippen molar-refractivity contribution in [2.75, 3.05) is 46.0 Å². The van der Waals surface area contributed by atoms with E-state index in [1.54, 1.807) is 6.20 Å². The van der Waals surface area contributed by atoms with Crippen molar-refractivity contribution in [3.63, 3.8) is 0 Å². The second-order valence-electron chi connectivity index (χ2n) is 8.63. The molecular weight excluding hydrogens is 428 g/mol. The number of benzene rings is 2. The lowest BCUT2D eigenvalue weighted by molar-refractivity contribution is 0.0321. The maximum absolute atomic E-state index is 13.6. The molecule has 1 unspecified atom stereocenters. The lowest BCUT2D eigenvalue weighted by atomic mass is 10.1. The van der Waals surface area contributed by atoms with Gasteiger partial charge in [-0.1, -0.05) is 42.5 Å². The molecule has 0 saturated carbocycles. The van der Waals surface area contributed by atoms with Crippen LogP contribution < -0.4 is 4.74 Å². The predicted octanol–water partition coefficient (Wildman–Crippen LogP) is 3.83. The molecular formula is C27H30N4O3. The summed E-state index contributed by atoms with van der Waals surface area (Å²) in [5.41, 5.74) is 2.46. The third kappa shape index (κ3) is 5.11. The van der Waals surface area contributed by atoms with Gasteiger partial charge in [0.1, 0.15) is 12.4 Å². The monoisotopic (exact) mass is 458 g/mol. The Bertz CT molecular complexity index is 1100. The molecule has 7 nitrogen and oxygen atoms in total. The number of morpholine rings is 1. The third-order valence-corrected chi connectivity index (χ3v) is 6.45. The Labute approximate surface area is 200 Å². The van der Waals surface area contributed by atoms with Gasteiger partial charge in [0, 0.05) is 37.9 Å². The number of nitrogens with zero attached hydrogens (tertiary/aromatic N) is 4. The summed E-state index contributed by atoms with van der Waals surface area (Å²) in [5, 5.41) is 0. The minimum Gasteiger partial charge on any atom is -0.491 e. The SMILES string of the molecule is O=C(c1ccccc1OCCN1CCOCC1)N1CCCC1c1ccnc(-c2ccccc2)n1. The van der Waals surface area contributed by atoms with Gasteiger partial charge in [-0.15, -0.1) is 0 Å². The van der Waals surface area contributed by atoms with E-state index >= 15 is 0 Å². The molecule has 0 aliphatic carbocycles. The molecule has 34 heavy (non-hydrogen) atoms. The minimum absolute atomic E-state index is 0.00986. The Kier molecular flexibility index (Phi) is 7.12. The fourth-order valence-corrected chi connectivity index (χ4v) is 4.64. The van der Waals surface area contributed by atoms with Crippen LogP contribution in [0.1, 0.15) is 34.9 Å². The molecule has 1 amide bonds. The highest BCUT2D eigenvalue weighted by Gasteiger charge is 2.33. The normalized spacial score (nSPS) is 18.7. The van der Waals surface area contributed by atoms with Gasteiger partial charge in [-0.05, 0) is 31.0 Å². The first-order valence-electron chi connectivity index (χ1n) is 12.0. The molecule has 7 heteroatoms. The van der Waals surface area contributed by atoms with Crippen LogP contribution in [0.15, 0.2) is 66.9 Å². The quantitative estimate of drug-likeness (QED) is 0.536. The summed E-state index contributed by atoms with van der Waals surface area (Å²) >= 11 is 0. The van der Waals surface area contributed by atoms with Crippen LogP contribution in [-0.4, -0.2) is 71.7 Å². The van der Waals surface area contributed by atoms with Gasteiger partial charge in [0.05, 0.1) is 30.5 Å². The molecule has 0 bridgehead atoms. The Morgan fingerprint density at radius 3 is 2.65 bits per heavy atom. The molecule has 2 aliphatic heterocycles. The van der Waals surface area contributed by atoms with E-state index in [2.05, 4.69) is 9.88 Å². The topological polar surface area (TPSA) is 67.8 Å². The third-order valence-electron chi connectivity index (χ3n) is 6.45. The number of aromatic nitrogens is 2. The standard InChI is InChI=1S/C27H30N4O3/c32-27(22-9-4-5-11-25(22)34-20-17-30-15-18-33-19-16-30)31-14-6-10-24(31)23-12-13-28-26(29-23)21-7-2-1-3-8-21/h1-5,7-9,11-13,24H,6,10,14-20H2. The van der Waals surface area contributed by atoms with Crippen molar-refractivity contribution < 1.29 is 14.3 Å². The molecule has 2 saturated heterocycles. The van der Waals surface area contributed by atoms with Gasteiger partial charge in [-0.25, -0.2) is 9.97 Å². The summed E-state index contributed by atoms with van der Waals surface area (Å²) in [6, 6.07) is 19.3. The lowest BCUT2D eigenvalue weighted by Gasteiger charge is -2.27. The van der Waals surface area contributed by atoms with E-state index in [0.29, 0.717) is 30.3 Å². The van der Waals surface area contributed by atoms with E-state index in [1.807, 2.05) is 65.6 Å². The first kappa shape index (κ1) is 22.5. The van der Waals surface area contributed by atoms with Gasteiger partial charge in [-0.3, -0.25) is 9.69 Å². The maximum atomic E-state index is 13.6. The van der Waals surface area contributed by atoms with Crippen LogP contribution in [0.5, 0.6) is 5.75 Å². The molecule has 2 aromatic carbocycles. The number of likely N-dealkylation sites (tertiary alicyclic amines) is 1. The molecule has 0 radical (unpaired) electrons. The van der Waals surface area contributed by atoms with Gasteiger partial charge in [0.25, 0.3) is 5.91 Å². The lowest BCUT2D eigenvalue weighted by Crippen LogP contribution is -2.38.